The van der Waals surface area contributed by atoms with E-state index in [4.69, 9.17) is 11.6 Å². The first-order valence-corrected chi connectivity index (χ1v) is 8.30. The first-order chi connectivity index (χ1) is 10.5. The fraction of sp³-hybridized carbons (Fsp3) is 0.588. The lowest BCUT2D eigenvalue weighted by Crippen LogP contribution is -2.40. The molecule has 0 saturated heterocycles. The summed E-state index contributed by atoms with van der Waals surface area (Å²) in [6, 6.07) is 7.48. The topological polar surface area (TPSA) is 52.6 Å². The van der Waals surface area contributed by atoms with Gasteiger partial charge in [-0.2, -0.15) is 0 Å². The Bertz CT molecular complexity index is 495. The van der Waals surface area contributed by atoms with Crippen molar-refractivity contribution >= 4 is 17.5 Å². The number of likely N-dealkylation sites (N-methyl/N-ethyl adjacent to an activating group) is 1. The van der Waals surface area contributed by atoms with Gasteiger partial charge in [0, 0.05) is 18.1 Å². The van der Waals surface area contributed by atoms with E-state index in [-0.39, 0.29) is 12.0 Å². The molecular weight excluding hydrogens is 300 g/mol. The van der Waals surface area contributed by atoms with Gasteiger partial charge < -0.3 is 10.4 Å². The summed E-state index contributed by atoms with van der Waals surface area (Å²) in [7, 11) is 1.93. The van der Waals surface area contributed by atoms with E-state index in [0.29, 0.717) is 24.0 Å². The smallest absolute Gasteiger partial charge is 0.234 e. The average Bonchev–Trinajstić information content (AvgIpc) is 2.47. The van der Waals surface area contributed by atoms with E-state index in [2.05, 4.69) is 5.32 Å². The van der Waals surface area contributed by atoms with Gasteiger partial charge in [0.1, 0.15) is 0 Å². The summed E-state index contributed by atoms with van der Waals surface area (Å²) >= 11 is 5.92. The Balaban J connectivity index is 1.71. The van der Waals surface area contributed by atoms with Crippen molar-refractivity contribution in [2.45, 2.75) is 38.3 Å². The molecule has 1 aliphatic carbocycles. The highest BCUT2D eigenvalue weighted by Gasteiger charge is 2.24. The van der Waals surface area contributed by atoms with Crippen LogP contribution in [0.2, 0.25) is 5.02 Å². The number of amides is 1. The molecular formula is C17H25ClN2O2. The summed E-state index contributed by atoms with van der Waals surface area (Å²) in [5.41, 5.74) is 0.992. The zero-order valence-electron chi connectivity index (χ0n) is 13.1. The Kier molecular flexibility index (Phi) is 6.68. The SMILES string of the molecule is CN(CC(=O)NCc1cccc(Cl)c1)CC1CCCCC1O. The Morgan fingerprint density at radius 1 is 1.41 bits per heavy atom. The molecule has 1 saturated carbocycles. The maximum atomic E-state index is 12.0. The minimum absolute atomic E-state index is 0.00669. The molecule has 1 aromatic carbocycles. The third kappa shape index (κ3) is 5.59. The number of carbonyl (C=O) groups is 1. The van der Waals surface area contributed by atoms with E-state index in [1.54, 1.807) is 0 Å². The van der Waals surface area contributed by atoms with Gasteiger partial charge in [0.25, 0.3) is 0 Å². The molecule has 0 spiro atoms. The first-order valence-electron chi connectivity index (χ1n) is 7.92. The van der Waals surface area contributed by atoms with E-state index in [9.17, 15) is 9.90 Å². The highest BCUT2D eigenvalue weighted by atomic mass is 35.5. The van der Waals surface area contributed by atoms with E-state index < -0.39 is 0 Å². The molecule has 0 aliphatic heterocycles. The minimum atomic E-state index is -0.217. The van der Waals surface area contributed by atoms with Crippen LogP contribution in [0, 0.1) is 5.92 Å². The van der Waals surface area contributed by atoms with E-state index in [1.165, 1.54) is 6.42 Å². The van der Waals surface area contributed by atoms with Crippen LogP contribution >= 0.6 is 11.6 Å². The van der Waals surface area contributed by atoms with Crippen molar-refractivity contribution in [3.8, 4) is 0 Å². The molecule has 0 aromatic heterocycles. The van der Waals surface area contributed by atoms with Gasteiger partial charge in [0.05, 0.1) is 12.6 Å². The zero-order chi connectivity index (χ0) is 15.9. The molecule has 2 rings (SSSR count). The highest BCUT2D eigenvalue weighted by Crippen LogP contribution is 2.24. The molecule has 1 fully saturated rings. The number of benzene rings is 1. The quantitative estimate of drug-likeness (QED) is 0.845. The van der Waals surface area contributed by atoms with Crippen LogP contribution in [-0.2, 0) is 11.3 Å². The average molecular weight is 325 g/mol. The predicted octanol–water partition coefficient (Wildman–Crippen LogP) is 2.44. The predicted molar refractivity (Wildman–Crippen MR) is 88.8 cm³/mol. The number of nitrogens with one attached hydrogen (secondary N) is 1. The molecule has 0 heterocycles. The van der Waals surface area contributed by atoms with Crippen LogP contribution in [0.25, 0.3) is 0 Å². The maximum Gasteiger partial charge on any atom is 0.234 e. The highest BCUT2D eigenvalue weighted by molar-refractivity contribution is 6.30. The molecule has 2 unspecified atom stereocenters. The van der Waals surface area contributed by atoms with Gasteiger partial charge >= 0.3 is 0 Å². The Labute approximate surface area is 137 Å². The molecule has 2 atom stereocenters. The van der Waals surface area contributed by atoms with Crippen molar-refractivity contribution in [2.24, 2.45) is 5.92 Å². The number of nitrogens with zero attached hydrogens (tertiary/aromatic N) is 1. The molecule has 1 aromatic rings. The number of aliphatic hydroxyl groups is 1. The van der Waals surface area contributed by atoms with Crippen LogP contribution in [0.1, 0.15) is 31.2 Å². The molecule has 1 aliphatic rings. The first kappa shape index (κ1) is 17.3. The molecule has 22 heavy (non-hydrogen) atoms. The lowest BCUT2D eigenvalue weighted by Gasteiger charge is -2.30. The normalized spacial score (nSPS) is 21.8. The van der Waals surface area contributed by atoms with E-state index in [1.807, 2.05) is 36.2 Å². The van der Waals surface area contributed by atoms with Crippen LogP contribution < -0.4 is 5.32 Å². The second kappa shape index (κ2) is 8.51. The molecule has 0 bridgehead atoms. The third-order valence-electron chi connectivity index (χ3n) is 4.21. The zero-order valence-corrected chi connectivity index (χ0v) is 13.9. The van der Waals surface area contributed by atoms with Gasteiger partial charge in [-0.1, -0.05) is 36.6 Å². The number of halogens is 1. The number of aliphatic hydroxyl groups excluding tert-OH is 1. The van der Waals surface area contributed by atoms with Gasteiger partial charge in [0.15, 0.2) is 0 Å². The van der Waals surface area contributed by atoms with Crippen molar-refractivity contribution in [1.29, 1.82) is 0 Å². The van der Waals surface area contributed by atoms with Crippen LogP contribution in [0.5, 0.6) is 0 Å². The van der Waals surface area contributed by atoms with Gasteiger partial charge in [-0.25, -0.2) is 0 Å². The van der Waals surface area contributed by atoms with Crippen LogP contribution in [0.4, 0.5) is 0 Å². The molecule has 5 heteroatoms. The van der Waals surface area contributed by atoms with Crippen LogP contribution in [0.15, 0.2) is 24.3 Å². The third-order valence-corrected chi connectivity index (χ3v) is 4.44. The molecule has 4 nitrogen and oxygen atoms in total. The maximum absolute atomic E-state index is 12.0. The van der Waals surface area contributed by atoms with E-state index in [0.717, 1.165) is 31.4 Å². The number of hydrogen-bond donors (Lipinski definition) is 2. The Morgan fingerprint density at radius 2 is 2.18 bits per heavy atom. The summed E-state index contributed by atoms with van der Waals surface area (Å²) in [5, 5.41) is 13.6. The molecule has 2 N–H and O–H groups in total. The summed E-state index contributed by atoms with van der Waals surface area (Å²) in [4.78, 5) is 14.0. The lowest BCUT2D eigenvalue weighted by molar-refractivity contribution is -0.122. The van der Waals surface area contributed by atoms with Crippen molar-refractivity contribution in [1.82, 2.24) is 10.2 Å². The Morgan fingerprint density at radius 3 is 2.91 bits per heavy atom. The lowest BCUT2D eigenvalue weighted by atomic mass is 9.86. The van der Waals surface area contributed by atoms with Gasteiger partial charge in [-0.15, -0.1) is 0 Å². The fourth-order valence-corrected chi connectivity index (χ4v) is 3.23. The Hall–Kier alpha value is -1.10. The monoisotopic (exact) mass is 324 g/mol. The van der Waals surface area contributed by atoms with Crippen molar-refractivity contribution in [3.63, 3.8) is 0 Å². The fourth-order valence-electron chi connectivity index (χ4n) is 3.01. The summed E-state index contributed by atoms with van der Waals surface area (Å²) < 4.78 is 0. The van der Waals surface area contributed by atoms with E-state index >= 15 is 0 Å². The summed E-state index contributed by atoms with van der Waals surface area (Å²) in [5.74, 6) is 0.284. The molecule has 122 valence electrons. The number of carbonyl (C=O) groups excluding carboxylic acids is 1. The summed E-state index contributed by atoms with van der Waals surface area (Å²) in [6.45, 7) is 1.61. The van der Waals surface area contributed by atoms with Crippen LogP contribution in [-0.4, -0.2) is 42.2 Å². The largest absolute Gasteiger partial charge is 0.393 e. The molecule has 1 amide bonds. The van der Waals surface area contributed by atoms with Gasteiger partial charge in [0.2, 0.25) is 5.91 Å². The van der Waals surface area contributed by atoms with Crippen LogP contribution in [0.3, 0.4) is 0 Å². The number of rotatable bonds is 6. The minimum Gasteiger partial charge on any atom is -0.393 e. The summed E-state index contributed by atoms with van der Waals surface area (Å²) in [6.07, 6.45) is 4.01. The van der Waals surface area contributed by atoms with Crippen molar-refractivity contribution in [3.05, 3.63) is 34.9 Å². The van der Waals surface area contributed by atoms with Crippen molar-refractivity contribution < 1.29 is 9.90 Å². The van der Waals surface area contributed by atoms with Gasteiger partial charge in [-0.3, -0.25) is 9.69 Å². The number of hydrogen-bond acceptors (Lipinski definition) is 3. The van der Waals surface area contributed by atoms with Gasteiger partial charge in [-0.05, 0) is 43.5 Å². The second-order valence-corrected chi connectivity index (χ2v) is 6.65. The molecule has 0 radical (unpaired) electrons. The standard InChI is InChI=1S/C17H25ClN2O2/c1-20(11-14-6-2-3-8-16(14)21)12-17(22)19-10-13-5-4-7-15(18)9-13/h4-5,7,9,14,16,21H,2-3,6,8,10-12H2,1H3,(H,19,22). The van der Waals surface area contributed by atoms with Crippen molar-refractivity contribution in [2.75, 3.05) is 20.1 Å². The second-order valence-electron chi connectivity index (χ2n) is 6.22.